The van der Waals surface area contributed by atoms with Crippen molar-refractivity contribution in [1.29, 1.82) is 0 Å². The van der Waals surface area contributed by atoms with Crippen molar-refractivity contribution in [1.82, 2.24) is 0 Å². The molecule has 0 bridgehead atoms. The lowest BCUT2D eigenvalue weighted by Gasteiger charge is -2.12. The summed E-state index contributed by atoms with van der Waals surface area (Å²) in [5.41, 5.74) is 1.62. The van der Waals surface area contributed by atoms with Gasteiger partial charge in [0.25, 0.3) is 0 Å². The van der Waals surface area contributed by atoms with Crippen molar-refractivity contribution in [2.45, 2.75) is 27.7 Å². The highest BCUT2D eigenvalue weighted by Gasteiger charge is 2.15. The monoisotopic (exact) mass is 254 g/mol. The molecule has 1 aromatic carbocycles. The maximum Gasteiger partial charge on any atom is 0.352 e. The Labute approximate surface area is 104 Å². The third-order valence-electron chi connectivity index (χ3n) is 2.13. The molecule has 18 heavy (non-hydrogen) atoms. The summed E-state index contributed by atoms with van der Waals surface area (Å²) in [6, 6.07) is 3.30. The largest absolute Gasteiger partial charge is 0.352 e. The first-order chi connectivity index (χ1) is 8.41. The zero-order valence-electron chi connectivity index (χ0n) is 10.6. The zero-order chi connectivity index (χ0) is 13.7. The average molecular weight is 254 g/mol. The Morgan fingerprint density at radius 2 is 1.50 bits per heavy atom. The Hall–Kier alpha value is -2.24. The number of hydrogen-bond acceptors (Lipinski definition) is 6. The van der Waals surface area contributed by atoms with Crippen LogP contribution in [0.15, 0.2) is 12.1 Å². The molecule has 0 N–H and O–H groups in total. The predicted octanol–water partition coefficient (Wildman–Crippen LogP) is 2.02. The summed E-state index contributed by atoms with van der Waals surface area (Å²) in [5, 5.41) is 0. The Balaban J connectivity index is 2.96. The summed E-state index contributed by atoms with van der Waals surface area (Å²) in [6.45, 7) is 6.02. The van der Waals surface area contributed by atoms with E-state index in [1.165, 1.54) is 13.8 Å². The van der Waals surface area contributed by atoms with E-state index in [1.807, 2.05) is 6.92 Å². The first-order valence-corrected chi connectivity index (χ1v) is 5.22. The molecule has 6 heteroatoms. The summed E-state index contributed by atoms with van der Waals surface area (Å²) >= 11 is 0. The van der Waals surface area contributed by atoms with E-state index in [4.69, 9.17) is 9.78 Å². The van der Waals surface area contributed by atoms with Crippen LogP contribution in [0, 0.1) is 13.8 Å². The van der Waals surface area contributed by atoms with E-state index < -0.39 is 11.9 Å². The maximum absolute atomic E-state index is 10.7. The first-order valence-electron chi connectivity index (χ1n) is 5.22. The SMILES string of the molecule is CC(=O)OOc1ccc(C)c(C)c1OOC(C)=O. The van der Waals surface area contributed by atoms with Gasteiger partial charge in [0, 0.05) is 19.4 Å². The fourth-order valence-corrected chi connectivity index (χ4v) is 1.14. The minimum Gasteiger partial charge on any atom is -0.283 e. The molecule has 0 aliphatic carbocycles. The average Bonchev–Trinajstić information content (AvgIpc) is 2.29. The van der Waals surface area contributed by atoms with Gasteiger partial charge in [-0.05, 0) is 25.5 Å². The van der Waals surface area contributed by atoms with Crippen LogP contribution in [0.5, 0.6) is 11.5 Å². The lowest BCUT2D eigenvalue weighted by molar-refractivity contribution is -0.223. The second-order valence-electron chi connectivity index (χ2n) is 3.65. The van der Waals surface area contributed by atoms with Gasteiger partial charge in [0.2, 0.25) is 11.5 Å². The van der Waals surface area contributed by atoms with Gasteiger partial charge in [-0.3, -0.25) is 19.6 Å². The molecule has 0 aromatic heterocycles. The van der Waals surface area contributed by atoms with Crippen molar-refractivity contribution in [2.75, 3.05) is 0 Å². The molecule has 0 saturated carbocycles. The van der Waals surface area contributed by atoms with Crippen LogP contribution in [0.25, 0.3) is 0 Å². The zero-order valence-corrected chi connectivity index (χ0v) is 10.6. The van der Waals surface area contributed by atoms with Crippen molar-refractivity contribution in [3.05, 3.63) is 23.3 Å². The number of carbonyl (C=O) groups excluding carboxylic acids is 2. The molecular weight excluding hydrogens is 240 g/mol. The molecule has 6 nitrogen and oxygen atoms in total. The lowest BCUT2D eigenvalue weighted by Crippen LogP contribution is -2.08. The molecule has 0 amide bonds. The third-order valence-corrected chi connectivity index (χ3v) is 2.13. The molecule has 0 aliphatic heterocycles. The molecule has 98 valence electrons. The molecule has 0 atom stereocenters. The molecule has 0 saturated heterocycles. The fraction of sp³-hybridized carbons (Fsp3) is 0.333. The highest BCUT2D eigenvalue weighted by Crippen LogP contribution is 2.33. The van der Waals surface area contributed by atoms with E-state index in [-0.39, 0.29) is 11.5 Å². The van der Waals surface area contributed by atoms with Gasteiger partial charge in [-0.1, -0.05) is 6.07 Å². The van der Waals surface area contributed by atoms with Crippen molar-refractivity contribution < 1.29 is 29.1 Å². The smallest absolute Gasteiger partial charge is 0.283 e. The van der Waals surface area contributed by atoms with Crippen LogP contribution in [0.3, 0.4) is 0 Å². The minimum atomic E-state index is -0.605. The van der Waals surface area contributed by atoms with Crippen LogP contribution in [-0.4, -0.2) is 11.9 Å². The Bertz CT molecular complexity index is 466. The van der Waals surface area contributed by atoms with Crippen LogP contribution in [0.1, 0.15) is 25.0 Å². The minimum absolute atomic E-state index is 0.148. The van der Waals surface area contributed by atoms with E-state index in [9.17, 15) is 9.59 Å². The molecule has 0 radical (unpaired) electrons. The maximum atomic E-state index is 10.7. The number of hydrogen-bond donors (Lipinski definition) is 0. The van der Waals surface area contributed by atoms with Gasteiger partial charge in [0.15, 0.2) is 0 Å². The third kappa shape index (κ3) is 3.65. The van der Waals surface area contributed by atoms with Crippen LogP contribution in [0.4, 0.5) is 0 Å². The quantitative estimate of drug-likeness (QED) is 0.604. The second-order valence-corrected chi connectivity index (χ2v) is 3.65. The molecule has 0 fully saturated rings. The Morgan fingerprint density at radius 1 is 0.944 bits per heavy atom. The summed E-state index contributed by atoms with van der Waals surface area (Å²) in [7, 11) is 0. The fourth-order valence-electron chi connectivity index (χ4n) is 1.14. The summed E-state index contributed by atoms with van der Waals surface area (Å²) in [6.07, 6.45) is 0. The van der Waals surface area contributed by atoms with E-state index in [0.717, 1.165) is 5.56 Å². The van der Waals surface area contributed by atoms with Gasteiger partial charge in [-0.2, -0.15) is 0 Å². The van der Waals surface area contributed by atoms with Crippen molar-refractivity contribution in [2.24, 2.45) is 0 Å². The van der Waals surface area contributed by atoms with E-state index in [2.05, 4.69) is 9.78 Å². The molecular formula is C12H14O6. The highest BCUT2D eigenvalue weighted by molar-refractivity contribution is 5.66. The highest BCUT2D eigenvalue weighted by atomic mass is 17.2. The van der Waals surface area contributed by atoms with E-state index in [1.54, 1.807) is 19.1 Å². The number of aryl methyl sites for hydroxylation is 1. The normalized spacial score (nSPS) is 9.56. The topological polar surface area (TPSA) is 71.1 Å². The van der Waals surface area contributed by atoms with Crippen LogP contribution >= 0.6 is 0 Å². The molecule has 0 aliphatic rings. The van der Waals surface area contributed by atoms with Crippen LogP contribution in [0.2, 0.25) is 0 Å². The number of carbonyl (C=O) groups is 2. The number of rotatable bonds is 4. The van der Waals surface area contributed by atoms with E-state index in [0.29, 0.717) is 5.56 Å². The standard InChI is InChI=1S/C12H14O6/c1-7-5-6-11(17-15-9(3)13)12(8(7)2)18-16-10(4)14/h5-6H,1-4H3. The summed E-state index contributed by atoms with van der Waals surface area (Å²) < 4.78 is 0. The molecule has 1 rings (SSSR count). The van der Waals surface area contributed by atoms with Gasteiger partial charge in [0.05, 0.1) is 0 Å². The van der Waals surface area contributed by atoms with E-state index >= 15 is 0 Å². The van der Waals surface area contributed by atoms with Crippen LogP contribution < -0.4 is 9.78 Å². The molecule has 1 aromatic rings. The van der Waals surface area contributed by atoms with Crippen molar-refractivity contribution in [3.63, 3.8) is 0 Å². The van der Waals surface area contributed by atoms with Gasteiger partial charge in [-0.15, -0.1) is 0 Å². The predicted molar refractivity (Wildman–Crippen MR) is 60.7 cm³/mol. The Kier molecular flexibility index (Phi) is 4.53. The number of benzene rings is 1. The molecule has 0 heterocycles. The summed E-state index contributed by atoms with van der Waals surface area (Å²) in [5.74, 6) is -0.873. The molecule has 0 spiro atoms. The van der Waals surface area contributed by atoms with Gasteiger partial charge < -0.3 is 0 Å². The second kappa shape index (κ2) is 5.90. The van der Waals surface area contributed by atoms with Gasteiger partial charge in [-0.25, -0.2) is 9.59 Å². The van der Waals surface area contributed by atoms with Crippen molar-refractivity contribution in [3.8, 4) is 11.5 Å². The summed E-state index contributed by atoms with van der Waals surface area (Å²) in [4.78, 5) is 39.9. The van der Waals surface area contributed by atoms with Gasteiger partial charge in [0.1, 0.15) is 0 Å². The Morgan fingerprint density at radius 3 is 2.06 bits per heavy atom. The van der Waals surface area contributed by atoms with Crippen LogP contribution in [-0.2, 0) is 19.4 Å². The van der Waals surface area contributed by atoms with Crippen molar-refractivity contribution >= 4 is 11.9 Å². The first kappa shape index (κ1) is 13.8. The van der Waals surface area contributed by atoms with Gasteiger partial charge >= 0.3 is 11.9 Å². The lowest BCUT2D eigenvalue weighted by atomic mass is 10.1. The molecule has 0 unspecified atom stereocenters.